The van der Waals surface area contributed by atoms with Crippen LogP contribution in [0.25, 0.3) is 11.0 Å². The second kappa shape index (κ2) is 5.28. The minimum absolute atomic E-state index is 0.517. The first-order chi connectivity index (χ1) is 9.25. The second-order valence-electron chi connectivity index (χ2n) is 3.89. The van der Waals surface area contributed by atoms with Gasteiger partial charge in [0, 0.05) is 18.9 Å². The summed E-state index contributed by atoms with van der Waals surface area (Å²) < 4.78 is 8.40. The summed E-state index contributed by atoms with van der Waals surface area (Å²) in [5.41, 5.74) is 3.24. The molecule has 0 aliphatic rings. The zero-order valence-electron chi connectivity index (χ0n) is 9.60. The van der Waals surface area contributed by atoms with Gasteiger partial charge in [-0.05, 0) is 23.8 Å². The number of nitrogens with one attached hydrogen (secondary N) is 1. The van der Waals surface area contributed by atoms with Gasteiger partial charge < -0.3 is 5.32 Å². The Morgan fingerprint density at radius 1 is 1.05 bits per heavy atom. The molecule has 96 valence electrons. The van der Waals surface area contributed by atoms with E-state index in [2.05, 4.69) is 19.0 Å². The summed E-state index contributed by atoms with van der Waals surface area (Å²) in [7, 11) is 0. The number of hydrogen-bond donors (Lipinski definition) is 1. The molecular weight excluding hydrogens is 303 g/mol. The summed E-state index contributed by atoms with van der Waals surface area (Å²) in [6.07, 6.45) is 3.50. The third-order valence-corrected chi connectivity index (χ3v) is 3.78. The molecule has 0 spiro atoms. The summed E-state index contributed by atoms with van der Waals surface area (Å²) in [5, 5.41) is 4.33. The van der Waals surface area contributed by atoms with Crippen molar-refractivity contribution in [3.63, 3.8) is 0 Å². The molecule has 0 amide bonds. The van der Waals surface area contributed by atoms with Crippen LogP contribution in [0.3, 0.4) is 0 Å². The van der Waals surface area contributed by atoms with Gasteiger partial charge in [-0.25, -0.2) is 0 Å². The van der Waals surface area contributed by atoms with Crippen molar-refractivity contribution in [2.24, 2.45) is 0 Å². The fraction of sp³-hybridized carbons (Fsp3) is 0.0833. The first-order valence-electron chi connectivity index (χ1n) is 5.49. The van der Waals surface area contributed by atoms with E-state index in [1.54, 1.807) is 18.5 Å². The molecule has 0 bridgehead atoms. The minimum atomic E-state index is 0.517. The number of hydrogen-bond acceptors (Lipinski definition) is 5. The van der Waals surface area contributed by atoms with Crippen molar-refractivity contribution in [1.29, 1.82) is 0 Å². The topological polar surface area (TPSA) is 50.7 Å². The van der Waals surface area contributed by atoms with Gasteiger partial charge in [-0.3, -0.25) is 4.98 Å². The lowest BCUT2D eigenvalue weighted by molar-refractivity contribution is 1.13. The van der Waals surface area contributed by atoms with E-state index in [-0.39, 0.29) is 0 Å². The molecule has 2 heterocycles. The first kappa shape index (κ1) is 12.6. The Kier molecular flexibility index (Phi) is 3.50. The number of benzene rings is 1. The van der Waals surface area contributed by atoms with Gasteiger partial charge in [-0.1, -0.05) is 23.2 Å². The number of pyridine rings is 1. The molecule has 0 fully saturated rings. The first-order valence-corrected chi connectivity index (χ1v) is 6.97. The van der Waals surface area contributed by atoms with E-state index in [1.165, 1.54) is 0 Å². The fourth-order valence-electron chi connectivity index (χ4n) is 1.73. The molecule has 4 nitrogen and oxygen atoms in total. The van der Waals surface area contributed by atoms with Crippen LogP contribution in [0, 0.1) is 0 Å². The summed E-state index contributed by atoms with van der Waals surface area (Å²) in [5.74, 6) is 0. The molecule has 0 aliphatic heterocycles. The van der Waals surface area contributed by atoms with Crippen LogP contribution >= 0.6 is 34.9 Å². The highest BCUT2D eigenvalue weighted by molar-refractivity contribution is 7.00. The van der Waals surface area contributed by atoms with Crippen molar-refractivity contribution in [3.8, 4) is 0 Å². The van der Waals surface area contributed by atoms with E-state index in [4.69, 9.17) is 23.2 Å². The van der Waals surface area contributed by atoms with Gasteiger partial charge in [0.25, 0.3) is 0 Å². The van der Waals surface area contributed by atoms with Crippen molar-refractivity contribution in [1.82, 2.24) is 13.7 Å². The largest absolute Gasteiger partial charge is 0.378 e. The maximum atomic E-state index is 6.21. The van der Waals surface area contributed by atoms with E-state index in [9.17, 15) is 0 Å². The van der Waals surface area contributed by atoms with Gasteiger partial charge in [0.1, 0.15) is 11.0 Å². The number of aromatic nitrogens is 3. The van der Waals surface area contributed by atoms with Crippen molar-refractivity contribution >= 4 is 51.7 Å². The number of halogens is 2. The van der Waals surface area contributed by atoms with E-state index < -0.39 is 0 Å². The van der Waals surface area contributed by atoms with Crippen LogP contribution in [-0.4, -0.2) is 13.7 Å². The van der Waals surface area contributed by atoms with Gasteiger partial charge in [0.05, 0.1) is 27.5 Å². The normalized spacial score (nSPS) is 10.8. The van der Waals surface area contributed by atoms with Gasteiger partial charge in [-0.15, -0.1) is 0 Å². The fourth-order valence-corrected chi connectivity index (χ4v) is 2.91. The average Bonchev–Trinajstić information content (AvgIpc) is 2.89. The highest BCUT2D eigenvalue weighted by Gasteiger charge is 2.13. The van der Waals surface area contributed by atoms with Crippen LogP contribution in [0.5, 0.6) is 0 Å². The van der Waals surface area contributed by atoms with Crippen LogP contribution in [0.2, 0.25) is 10.0 Å². The Hall–Kier alpha value is -1.43. The van der Waals surface area contributed by atoms with Crippen LogP contribution in [0.15, 0.2) is 30.6 Å². The molecule has 1 N–H and O–H groups in total. The minimum Gasteiger partial charge on any atom is -0.378 e. The molecular formula is C12H8Cl2N4S. The van der Waals surface area contributed by atoms with E-state index in [1.807, 2.05) is 12.1 Å². The lowest BCUT2D eigenvalue weighted by Gasteiger charge is -2.09. The third-order valence-electron chi connectivity index (χ3n) is 2.66. The SMILES string of the molecule is Clc1cc(Cl)c2nsnc2c1NCc1ccncc1. The molecule has 0 atom stereocenters. The van der Waals surface area contributed by atoms with Gasteiger partial charge in [0.2, 0.25) is 0 Å². The molecule has 0 radical (unpaired) electrons. The van der Waals surface area contributed by atoms with Crippen molar-refractivity contribution in [2.75, 3.05) is 5.32 Å². The monoisotopic (exact) mass is 310 g/mol. The summed E-state index contributed by atoms with van der Waals surface area (Å²) in [6.45, 7) is 0.635. The summed E-state index contributed by atoms with van der Waals surface area (Å²) in [6, 6.07) is 5.56. The van der Waals surface area contributed by atoms with Crippen LogP contribution in [0.1, 0.15) is 5.56 Å². The molecule has 7 heteroatoms. The maximum Gasteiger partial charge on any atom is 0.130 e. The number of rotatable bonds is 3. The lowest BCUT2D eigenvalue weighted by Crippen LogP contribution is -2.01. The Bertz CT molecular complexity index is 714. The highest BCUT2D eigenvalue weighted by atomic mass is 35.5. The molecule has 19 heavy (non-hydrogen) atoms. The third kappa shape index (κ3) is 2.49. The van der Waals surface area contributed by atoms with Gasteiger partial charge >= 0.3 is 0 Å². The van der Waals surface area contributed by atoms with Crippen LogP contribution in [0.4, 0.5) is 5.69 Å². The van der Waals surface area contributed by atoms with Crippen LogP contribution < -0.4 is 5.32 Å². The highest BCUT2D eigenvalue weighted by Crippen LogP contribution is 2.35. The predicted octanol–water partition coefficient (Wildman–Crippen LogP) is 4.01. The molecule has 0 aliphatic carbocycles. The number of fused-ring (bicyclic) bond motifs is 1. The van der Waals surface area contributed by atoms with E-state index in [0.29, 0.717) is 27.6 Å². The number of anilines is 1. The zero-order chi connectivity index (χ0) is 13.2. The Morgan fingerprint density at radius 2 is 1.79 bits per heavy atom. The standard InChI is InChI=1S/C12H8Cl2N4S/c13-8-5-9(14)11-12(18-19-17-11)10(8)16-6-7-1-3-15-4-2-7/h1-5,16H,6H2. The van der Waals surface area contributed by atoms with Crippen molar-refractivity contribution < 1.29 is 0 Å². The molecule has 3 rings (SSSR count). The van der Waals surface area contributed by atoms with Crippen molar-refractivity contribution in [2.45, 2.75) is 6.54 Å². The van der Waals surface area contributed by atoms with Gasteiger partial charge in [0.15, 0.2) is 0 Å². The molecule has 0 saturated heterocycles. The summed E-state index contributed by atoms with van der Waals surface area (Å²) >= 11 is 13.4. The molecule has 2 aromatic heterocycles. The van der Waals surface area contributed by atoms with E-state index >= 15 is 0 Å². The lowest BCUT2D eigenvalue weighted by atomic mass is 10.2. The number of nitrogens with zero attached hydrogens (tertiary/aromatic N) is 3. The maximum absolute atomic E-state index is 6.21. The van der Waals surface area contributed by atoms with Gasteiger partial charge in [-0.2, -0.15) is 8.75 Å². The molecule has 1 aromatic carbocycles. The summed E-state index contributed by atoms with van der Waals surface area (Å²) in [4.78, 5) is 3.98. The van der Waals surface area contributed by atoms with Crippen LogP contribution in [-0.2, 0) is 6.54 Å². The average molecular weight is 311 g/mol. The van der Waals surface area contributed by atoms with E-state index in [0.717, 1.165) is 23.0 Å². The second-order valence-corrected chi connectivity index (χ2v) is 5.23. The molecule has 0 saturated carbocycles. The Morgan fingerprint density at radius 3 is 2.58 bits per heavy atom. The quantitative estimate of drug-likeness (QED) is 0.794. The predicted molar refractivity (Wildman–Crippen MR) is 79.0 cm³/mol. The van der Waals surface area contributed by atoms with Crippen molar-refractivity contribution in [3.05, 3.63) is 46.2 Å². The molecule has 3 aromatic rings. The molecule has 0 unspecified atom stereocenters. The Labute approximate surface area is 123 Å². The Balaban J connectivity index is 1.95. The smallest absolute Gasteiger partial charge is 0.130 e. The zero-order valence-corrected chi connectivity index (χ0v) is 11.9.